The molecule has 36 heavy (non-hydrogen) atoms. The number of imide groups is 1. The lowest BCUT2D eigenvalue weighted by Gasteiger charge is -2.41. The second-order valence-corrected chi connectivity index (χ2v) is 9.84. The molecule has 2 aliphatic heterocycles. The number of carbonyl (C=O) groups excluding carboxylic acids is 3. The molecule has 1 atom stereocenters. The first kappa shape index (κ1) is 25.8. The third kappa shape index (κ3) is 5.26. The monoisotopic (exact) mass is 498 g/mol. The SMILES string of the molecule is CN(C)CCN1C(=O)N[C@](CCc2ccccc2)(C2CCN(C(=O)c3cc(F)ccc3F)CC2)C1=O. The zero-order valence-electron chi connectivity index (χ0n) is 20.7. The molecule has 9 heteroatoms. The van der Waals surface area contributed by atoms with Crippen LogP contribution in [0.4, 0.5) is 13.6 Å². The predicted molar refractivity (Wildman–Crippen MR) is 131 cm³/mol. The zero-order valence-corrected chi connectivity index (χ0v) is 20.7. The van der Waals surface area contributed by atoms with Crippen LogP contribution in [0.15, 0.2) is 48.5 Å². The van der Waals surface area contributed by atoms with E-state index in [9.17, 15) is 23.2 Å². The summed E-state index contributed by atoms with van der Waals surface area (Å²) >= 11 is 0. The molecule has 192 valence electrons. The summed E-state index contributed by atoms with van der Waals surface area (Å²) in [6.07, 6.45) is 1.98. The summed E-state index contributed by atoms with van der Waals surface area (Å²) in [7, 11) is 3.77. The maximum absolute atomic E-state index is 14.2. The summed E-state index contributed by atoms with van der Waals surface area (Å²) in [4.78, 5) is 44.3. The number of piperidine rings is 1. The normalized spacial score (nSPS) is 20.8. The predicted octanol–water partition coefficient (Wildman–Crippen LogP) is 3.30. The number of amides is 4. The molecular formula is C27H32F2N4O3. The minimum Gasteiger partial charge on any atom is -0.339 e. The average Bonchev–Trinajstić information content (AvgIpc) is 3.12. The van der Waals surface area contributed by atoms with E-state index in [0.717, 1.165) is 23.8 Å². The number of urea groups is 1. The van der Waals surface area contributed by atoms with Crippen molar-refractivity contribution in [1.82, 2.24) is 20.0 Å². The van der Waals surface area contributed by atoms with Crippen LogP contribution >= 0.6 is 0 Å². The Hall–Kier alpha value is -3.33. The summed E-state index contributed by atoms with van der Waals surface area (Å²) < 4.78 is 27.8. The molecular weight excluding hydrogens is 466 g/mol. The van der Waals surface area contributed by atoms with Gasteiger partial charge in [0.2, 0.25) is 0 Å². The van der Waals surface area contributed by atoms with E-state index in [1.165, 1.54) is 9.80 Å². The summed E-state index contributed by atoms with van der Waals surface area (Å²) in [6.45, 7) is 1.42. The molecule has 0 bridgehead atoms. The Kier molecular flexibility index (Phi) is 7.68. The molecule has 4 rings (SSSR count). The summed E-state index contributed by atoms with van der Waals surface area (Å²) in [6, 6.07) is 12.2. The number of likely N-dealkylation sites (tertiary alicyclic amines) is 1. The van der Waals surface area contributed by atoms with Crippen molar-refractivity contribution in [3.63, 3.8) is 0 Å². The summed E-state index contributed by atoms with van der Waals surface area (Å²) in [5.41, 5.74) is -0.300. The quantitative estimate of drug-likeness (QED) is 0.567. The first-order valence-electron chi connectivity index (χ1n) is 12.3. The van der Waals surface area contributed by atoms with Gasteiger partial charge in [-0.25, -0.2) is 13.6 Å². The van der Waals surface area contributed by atoms with Gasteiger partial charge in [-0.1, -0.05) is 30.3 Å². The minimum absolute atomic E-state index is 0.191. The fourth-order valence-corrected chi connectivity index (χ4v) is 5.19. The number of carbonyl (C=O) groups is 3. The van der Waals surface area contributed by atoms with E-state index in [1.807, 2.05) is 49.3 Å². The van der Waals surface area contributed by atoms with Gasteiger partial charge in [0.15, 0.2) is 0 Å². The van der Waals surface area contributed by atoms with Gasteiger partial charge in [0.05, 0.1) is 5.56 Å². The molecule has 0 radical (unpaired) electrons. The molecule has 7 nitrogen and oxygen atoms in total. The van der Waals surface area contributed by atoms with Gasteiger partial charge >= 0.3 is 6.03 Å². The van der Waals surface area contributed by atoms with Crippen LogP contribution in [-0.4, -0.2) is 78.4 Å². The Balaban J connectivity index is 1.52. The van der Waals surface area contributed by atoms with Gasteiger partial charge in [0.25, 0.3) is 11.8 Å². The van der Waals surface area contributed by atoms with Crippen molar-refractivity contribution >= 4 is 17.8 Å². The number of likely N-dealkylation sites (N-methyl/N-ethyl adjacent to an activating group) is 1. The topological polar surface area (TPSA) is 73.0 Å². The number of halogens is 2. The van der Waals surface area contributed by atoms with Crippen LogP contribution < -0.4 is 5.32 Å². The maximum Gasteiger partial charge on any atom is 0.325 e. The van der Waals surface area contributed by atoms with E-state index >= 15 is 0 Å². The van der Waals surface area contributed by atoms with Crippen LogP contribution in [0.2, 0.25) is 0 Å². The van der Waals surface area contributed by atoms with Crippen molar-refractivity contribution in [2.75, 3.05) is 40.3 Å². The number of hydrogen-bond acceptors (Lipinski definition) is 4. The van der Waals surface area contributed by atoms with Gasteiger partial charge in [0.1, 0.15) is 17.2 Å². The average molecular weight is 499 g/mol. The Morgan fingerprint density at radius 1 is 1.08 bits per heavy atom. The highest BCUT2D eigenvalue weighted by Crippen LogP contribution is 2.37. The van der Waals surface area contributed by atoms with E-state index < -0.39 is 29.1 Å². The molecule has 2 heterocycles. The van der Waals surface area contributed by atoms with Crippen molar-refractivity contribution in [3.05, 3.63) is 71.3 Å². The highest BCUT2D eigenvalue weighted by atomic mass is 19.1. The summed E-state index contributed by atoms with van der Waals surface area (Å²) in [5, 5.41) is 3.03. The molecule has 0 unspecified atom stereocenters. The number of hydrogen-bond donors (Lipinski definition) is 1. The first-order valence-corrected chi connectivity index (χ1v) is 12.3. The molecule has 0 spiro atoms. The number of rotatable bonds is 8. The Labute approximate surface area is 210 Å². The van der Waals surface area contributed by atoms with Gasteiger partial charge in [-0.05, 0) is 69.5 Å². The van der Waals surface area contributed by atoms with E-state index in [-0.39, 0.29) is 30.5 Å². The van der Waals surface area contributed by atoms with Gasteiger partial charge in [0, 0.05) is 26.2 Å². The lowest BCUT2D eigenvalue weighted by Crippen LogP contribution is -2.57. The van der Waals surface area contributed by atoms with Crippen LogP contribution in [0, 0.1) is 17.6 Å². The highest BCUT2D eigenvalue weighted by molar-refractivity contribution is 6.07. The highest BCUT2D eigenvalue weighted by Gasteiger charge is 2.55. The van der Waals surface area contributed by atoms with Crippen LogP contribution in [0.1, 0.15) is 35.2 Å². The van der Waals surface area contributed by atoms with Crippen molar-refractivity contribution in [1.29, 1.82) is 0 Å². The van der Waals surface area contributed by atoms with Crippen molar-refractivity contribution in [2.24, 2.45) is 5.92 Å². The lowest BCUT2D eigenvalue weighted by molar-refractivity contribution is -0.134. The molecule has 2 aliphatic rings. The van der Waals surface area contributed by atoms with E-state index in [1.54, 1.807) is 0 Å². The molecule has 0 saturated carbocycles. The molecule has 0 aliphatic carbocycles. The molecule has 4 amide bonds. The third-order valence-corrected chi connectivity index (χ3v) is 7.26. The molecule has 2 aromatic carbocycles. The van der Waals surface area contributed by atoms with Crippen LogP contribution in [-0.2, 0) is 11.2 Å². The van der Waals surface area contributed by atoms with Crippen LogP contribution in [0.5, 0.6) is 0 Å². The zero-order chi connectivity index (χ0) is 25.9. The van der Waals surface area contributed by atoms with E-state index in [0.29, 0.717) is 38.8 Å². The Morgan fingerprint density at radius 3 is 2.44 bits per heavy atom. The molecule has 2 fully saturated rings. The molecule has 1 N–H and O–H groups in total. The maximum atomic E-state index is 14.2. The standard InChI is InChI=1S/C27H32F2N4O3/c1-31(2)16-17-33-25(35)27(30-26(33)36,13-10-19-6-4-3-5-7-19)20-11-14-32(15-12-20)24(34)22-18-21(28)8-9-23(22)29/h3-9,18,20H,10-17H2,1-2H3,(H,30,36)/t27-/m1/s1. The molecule has 2 saturated heterocycles. The Bertz CT molecular complexity index is 1120. The van der Waals surface area contributed by atoms with Crippen molar-refractivity contribution in [3.8, 4) is 0 Å². The van der Waals surface area contributed by atoms with Gasteiger partial charge < -0.3 is 15.1 Å². The largest absolute Gasteiger partial charge is 0.339 e. The third-order valence-electron chi connectivity index (χ3n) is 7.26. The van der Waals surface area contributed by atoms with Crippen molar-refractivity contribution in [2.45, 2.75) is 31.2 Å². The van der Waals surface area contributed by atoms with Gasteiger partial charge in [-0.3, -0.25) is 14.5 Å². The molecule has 2 aromatic rings. The first-order chi connectivity index (χ1) is 17.2. The fourth-order valence-electron chi connectivity index (χ4n) is 5.19. The van der Waals surface area contributed by atoms with E-state index in [4.69, 9.17) is 0 Å². The molecule has 0 aromatic heterocycles. The number of benzene rings is 2. The smallest absolute Gasteiger partial charge is 0.325 e. The second kappa shape index (κ2) is 10.7. The van der Waals surface area contributed by atoms with Gasteiger partial charge in [-0.15, -0.1) is 0 Å². The van der Waals surface area contributed by atoms with Crippen LogP contribution in [0.25, 0.3) is 0 Å². The number of aryl methyl sites for hydroxylation is 1. The van der Waals surface area contributed by atoms with Crippen LogP contribution in [0.3, 0.4) is 0 Å². The van der Waals surface area contributed by atoms with Gasteiger partial charge in [-0.2, -0.15) is 0 Å². The number of nitrogens with one attached hydrogen (secondary N) is 1. The lowest BCUT2D eigenvalue weighted by atomic mass is 9.74. The van der Waals surface area contributed by atoms with E-state index in [2.05, 4.69) is 5.32 Å². The second-order valence-electron chi connectivity index (χ2n) is 9.84. The fraction of sp³-hybridized carbons (Fsp3) is 0.444. The minimum atomic E-state index is -1.07. The summed E-state index contributed by atoms with van der Waals surface area (Å²) in [5.74, 6) is -2.43. The Morgan fingerprint density at radius 2 is 1.78 bits per heavy atom. The van der Waals surface area contributed by atoms with Crippen molar-refractivity contribution < 1.29 is 23.2 Å². The number of nitrogens with zero attached hydrogens (tertiary/aromatic N) is 3.